The van der Waals surface area contributed by atoms with Crippen molar-refractivity contribution in [2.75, 3.05) is 32.8 Å². The summed E-state index contributed by atoms with van der Waals surface area (Å²) in [6.07, 6.45) is 25.9. The lowest BCUT2D eigenvalue weighted by Gasteiger charge is -2.39. The topological polar surface area (TPSA) is 182 Å². The van der Waals surface area contributed by atoms with E-state index in [1.165, 1.54) is 23.6 Å². The van der Waals surface area contributed by atoms with E-state index in [1.807, 2.05) is 18.2 Å². The van der Waals surface area contributed by atoms with E-state index in [0.29, 0.717) is 37.1 Å². The summed E-state index contributed by atoms with van der Waals surface area (Å²) >= 11 is 0. The summed E-state index contributed by atoms with van der Waals surface area (Å²) in [4.78, 5) is 9.62. The molecule has 3 heterocycles. The molecule has 5 aliphatic carbocycles. The number of aromatic hydroxyl groups is 1. The van der Waals surface area contributed by atoms with E-state index >= 15 is 0 Å². The number of ether oxygens (including phenoxy) is 2. The Morgan fingerprint density at radius 2 is 1.96 bits per heavy atom. The summed E-state index contributed by atoms with van der Waals surface area (Å²) in [5.74, 6) is 3.14. The van der Waals surface area contributed by atoms with Gasteiger partial charge >= 0.3 is 0 Å². The normalized spacial score (nSPS) is 27.6. The molecule has 11 heteroatoms. The lowest BCUT2D eigenvalue weighted by Crippen LogP contribution is -2.41. The number of fused-ring (bicyclic) bond motifs is 4. The van der Waals surface area contributed by atoms with Crippen LogP contribution in [0, 0.1) is 41.0 Å². The van der Waals surface area contributed by atoms with Crippen molar-refractivity contribution in [2.45, 2.75) is 121 Å². The van der Waals surface area contributed by atoms with E-state index in [1.54, 1.807) is 13.0 Å². The van der Waals surface area contributed by atoms with Crippen LogP contribution in [0.5, 0.6) is 11.5 Å². The predicted octanol–water partition coefficient (Wildman–Crippen LogP) is 6.79. The largest absolute Gasteiger partial charge is 0.592 e. The second kappa shape index (κ2) is 20.2. The van der Waals surface area contributed by atoms with Crippen LogP contribution in [0.15, 0.2) is 94.2 Å². The molecule has 3 aromatic rings. The first kappa shape index (κ1) is 46.8. The Kier molecular flexibility index (Phi) is 13.9. The van der Waals surface area contributed by atoms with E-state index in [4.69, 9.17) is 20.2 Å². The van der Waals surface area contributed by atoms with Gasteiger partial charge < -0.3 is 46.1 Å². The number of unbranched alkanes of at least 4 members (excludes halogenated alkanes) is 3. The van der Waals surface area contributed by atoms with Crippen molar-refractivity contribution >= 4 is 28.6 Å². The molecule has 360 valence electrons. The van der Waals surface area contributed by atoms with Crippen LogP contribution in [-0.2, 0) is 11.2 Å². The zero-order chi connectivity index (χ0) is 46.9. The van der Waals surface area contributed by atoms with Crippen molar-refractivity contribution in [3.05, 3.63) is 123 Å². The minimum atomic E-state index is -0.966. The number of phenols is 1. The maximum atomic E-state index is 11.4. The monoisotopic (exact) mass is 923 g/mol. The minimum absolute atomic E-state index is 0.00836. The van der Waals surface area contributed by atoms with Gasteiger partial charge in [0.1, 0.15) is 12.2 Å². The van der Waals surface area contributed by atoms with Gasteiger partial charge in [-0.2, -0.15) is 12.0 Å². The molecule has 2 bridgehead atoms. The first-order valence-electron chi connectivity index (χ1n) is 25.5. The molecule has 3 aromatic carbocycles. The number of aliphatic hydroxyl groups is 4. The highest BCUT2D eigenvalue weighted by Crippen LogP contribution is 2.60. The Morgan fingerprint density at radius 3 is 2.82 bits per heavy atom. The molecular weight excluding hydrogens is 853 g/mol. The molecule has 2 fully saturated rings. The zero-order valence-electron chi connectivity index (χ0n) is 39.5. The fourth-order valence-corrected chi connectivity index (χ4v) is 12.6. The van der Waals surface area contributed by atoms with Gasteiger partial charge in [-0.05, 0) is 115 Å². The lowest BCUT2D eigenvalue weighted by molar-refractivity contribution is 0.119. The van der Waals surface area contributed by atoms with E-state index < -0.39 is 18.3 Å². The molecule has 0 aromatic heterocycles. The number of nitrogens with one attached hydrogen (secondary N) is 1. The van der Waals surface area contributed by atoms with Crippen LogP contribution < -0.4 is 26.4 Å². The summed E-state index contributed by atoms with van der Waals surface area (Å²) in [5.41, 5.74) is 12.0. The number of hydrogen-bond donors (Lipinski definition) is 7. The molecule has 0 amide bonds. The van der Waals surface area contributed by atoms with Gasteiger partial charge in [-0.1, -0.05) is 92.9 Å². The number of aliphatic hydroxyl groups excluding tert-OH is 4. The highest BCUT2D eigenvalue weighted by molar-refractivity contribution is 6.07. The highest BCUT2D eigenvalue weighted by atomic mass is 16.5. The first-order chi connectivity index (χ1) is 33.1. The summed E-state index contributed by atoms with van der Waals surface area (Å²) in [6.45, 7) is 3.73. The van der Waals surface area contributed by atoms with Gasteiger partial charge in [-0.25, -0.2) is 0 Å². The van der Waals surface area contributed by atoms with Crippen LogP contribution in [0.3, 0.4) is 0 Å². The van der Waals surface area contributed by atoms with Crippen molar-refractivity contribution in [1.29, 1.82) is 0 Å². The SMILES string of the molecule is CC(O)CNCC1C2=C[C+](C(O)COc3cc(CCC4=C[C-](CO)C(CCCCCCC(N)CC5C=Cc6c(ccc7cc8c(cc67)=CCN=8)C5O)O4)ccc3O)N=C2C2C=CC13CCCC3C2. The second-order valence-corrected chi connectivity index (χ2v) is 20.8. The van der Waals surface area contributed by atoms with Gasteiger partial charge in [0.25, 0.3) is 0 Å². The highest BCUT2D eigenvalue weighted by Gasteiger charge is 2.59. The summed E-state index contributed by atoms with van der Waals surface area (Å²) < 4.78 is 12.4. The maximum absolute atomic E-state index is 11.4. The van der Waals surface area contributed by atoms with Crippen LogP contribution in [-0.4, -0.2) is 88.4 Å². The molecule has 8 N–H and O–H groups in total. The Morgan fingerprint density at radius 1 is 1.07 bits per heavy atom. The predicted molar refractivity (Wildman–Crippen MR) is 267 cm³/mol. The van der Waals surface area contributed by atoms with Crippen molar-refractivity contribution in [3.8, 4) is 11.5 Å². The van der Waals surface area contributed by atoms with Crippen LogP contribution in [0.1, 0.15) is 107 Å². The third-order valence-corrected chi connectivity index (χ3v) is 16.2. The molecule has 10 unspecified atom stereocenters. The number of aryl methyl sites for hydroxylation is 1. The standard InChI is InChI=1S/C57H70N4O7/c1-34(63)30-59-31-48-47-29-50(61-55(47)38-18-21-57(48)20-6-7-41(57)24-38)52(65)33-67-54-23-35(11-17-51(54)64)10-14-43-26-40(32-62)53(68-43)9-5-3-2-4-8-42(58)25-39-13-15-44-45(56(39)66)16-12-36-28-49-37(19-22-60-49)27-46(36)44/h11-13,15-19,21,23,26-29,34,38-39,41-42,48,52-53,56,59,62-66H,2-10,14,20,22,24-25,30-33,58H2,1H3. The Hall–Kier alpha value is -4.88. The van der Waals surface area contributed by atoms with E-state index in [0.717, 1.165) is 121 Å². The minimum Gasteiger partial charge on any atom is -0.592 e. The summed E-state index contributed by atoms with van der Waals surface area (Å²) in [5, 5.41) is 61.8. The molecule has 10 atom stereocenters. The fourth-order valence-electron chi connectivity index (χ4n) is 12.6. The van der Waals surface area contributed by atoms with Gasteiger partial charge in [0.2, 0.25) is 0 Å². The third-order valence-electron chi connectivity index (χ3n) is 16.2. The first-order valence-corrected chi connectivity index (χ1v) is 25.5. The number of aliphatic imine (C=N–C) groups is 1. The average molecular weight is 923 g/mol. The van der Waals surface area contributed by atoms with E-state index in [9.17, 15) is 25.5 Å². The number of phenolic OH excluding ortho intramolecular Hbond substituents is 1. The quantitative estimate of drug-likeness (QED) is 0.0344. The number of nitrogens with zero attached hydrogens (tertiary/aromatic N) is 2. The van der Waals surface area contributed by atoms with Crippen LogP contribution in [0.2, 0.25) is 0 Å². The Bertz CT molecular complexity index is 2620. The van der Waals surface area contributed by atoms with Crippen molar-refractivity contribution in [2.24, 2.45) is 44.8 Å². The van der Waals surface area contributed by atoms with Crippen molar-refractivity contribution < 1.29 is 35.0 Å². The maximum Gasteiger partial charge on any atom is 0.196 e. The van der Waals surface area contributed by atoms with Crippen molar-refractivity contribution in [3.63, 3.8) is 0 Å². The fraction of sp³-hybridized carbons (Fsp3) is 0.509. The number of nitrogens with two attached hydrogens (primary N) is 1. The number of hydrogen-bond acceptors (Lipinski definition) is 11. The summed E-state index contributed by atoms with van der Waals surface area (Å²) in [7, 11) is 0. The summed E-state index contributed by atoms with van der Waals surface area (Å²) in [6, 6.07) is 14.5. The Labute approximate surface area is 401 Å². The molecule has 3 aliphatic heterocycles. The average Bonchev–Trinajstić information content (AvgIpc) is 4.15. The van der Waals surface area contributed by atoms with Gasteiger partial charge in [-0.3, -0.25) is 4.99 Å². The Balaban J connectivity index is 0.654. The van der Waals surface area contributed by atoms with Crippen LogP contribution in [0.25, 0.3) is 22.9 Å². The van der Waals surface area contributed by atoms with Crippen molar-refractivity contribution in [1.82, 2.24) is 5.32 Å². The molecule has 8 aliphatic rings. The molecule has 2 saturated carbocycles. The van der Waals surface area contributed by atoms with E-state index in [2.05, 4.69) is 71.0 Å². The zero-order valence-corrected chi connectivity index (χ0v) is 39.5. The number of allylic oxidation sites excluding steroid dienone is 3. The molecule has 11 nitrogen and oxygen atoms in total. The molecule has 68 heavy (non-hydrogen) atoms. The number of rotatable bonds is 21. The van der Waals surface area contributed by atoms with Gasteiger partial charge in [0.15, 0.2) is 29.4 Å². The lowest BCUT2D eigenvalue weighted by atomic mass is 9.64. The molecule has 0 radical (unpaired) electrons. The molecule has 1 spiro atoms. The molecule has 0 saturated heterocycles. The molecular formula is C57H70N4O7. The number of benzene rings is 3. The van der Waals surface area contributed by atoms with Gasteiger partial charge in [0, 0.05) is 43.2 Å². The van der Waals surface area contributed by atoms with E-state index in [-0.39, 0.29) is 54.3 Å². The molecule has 11 rings (SSSR count). The smallest absolute Gasteiger partial charge is 0.196 e. The van der Waals surface area contributed by atoms with Crippen LogP contribution >= 0.6 is 0 Å². The third kappa shape index (κ3) is 9.55. The van der Waals surface area contributed by atoms with Crippen LogP contribution in [0.4, 0.5) is 0 Å². The van der Waals surface area contributed by atoms with Gasteiger partial charge in [-0.15, -0.1) is 4.99 Å². The van der Waals surface area contributed by atoms with Gasteiger partial charge in [0.05, 0.1) is 42.0 Å². The second-order valence-electron chi connectivity index (χ2n) is 20.8.